The van der Waals surface area contributed by atoms with Gasteiger partial charge in [-0.2, -0.15) is 0 Å². The highest BCUT2D eigenvalue weighted by Crippen LogP contribution is 2.39. The highest BCUT2D eigenvalue weighted by atomic mass is 16.3. The van der Waals surface area contributed by atoms with Crippen molar-refractivity contribution in [1.29, 1.82) is 0 Å². The lowest BCUT2D eigenvalue weighted by Gasteiger charge is -2.06. The van der Waals surface area contributed by atoms with Crippen molar-refractivity contribution in [1.82, 2.24) is 0 Å². The Bertz CT molecular complexity index is 352. The molecule has 2 rings (SSSR count). The maximum absolute atomic E-state index is 9.66. The molecule has 72 valence electrons. The quantitative estimate of drug-likeness (QED) is 0.717. The molecule has 0 bridgehead atoms. The van der Waals surface area contributed by atoms with Crippen molar-refractivity contribution in [3.63, 3.8) is 0 Å². The van der Waals surface area contributed by atoms with Gasteiger partial charge in [0.05, 0.1) is 5.60 Å². The van der Waals surface area contributed by atoms with Crippen LogP contribution in [0.1, 0.15) is 30.4 Å². The highest BCUT2D eigenvalue weighted by molar-refractivity contribution is 5.34. The normalized spacial score (nSPS) is 17.4. The van der Waals surface area contributed by atoms with Crippen LogP contribution in [-0.2, 0) is 6.42 Å². The predicted molar refractivity (Wildman–Crippen MR) is 56.9 cm³/mol. The number of rotatable bonds is 3. The molecule has 1 aromatic rings. The van der Waals surface area contributed by atoms with Crippen LogP contribution in [0, 0.1) is 12.3 Å². The molecule has 0 heterocycles. The van der Waals surface area contributed by atoms with Gasteiger partial charge in [-0.1, -0.05) is 18.1 Å². The first kappa shape index (κ1) is 9.30. The van der Waals surface area contributed by atoms with Gasteiger partial charge in [0.2, 0.25) is 0 Å². The molecule has 1 aliphatic rings. The Morgan fingerprint density at radius 1 is 1.29 bits per heavy atom. The third-order valence-corrected chi connectivity index (χ3v) is 2.83. The van der Waals surface area contributed by atoms with Gasteiger partial charge < -0.3 is 5.11 Å². The number of benzene rings is 1. The van der Waals surface area contributed by atoms with Crippen molar-refractivity contribution in [3.05, 3.63) is 35.4 Å². The number of hydrogen-bond donors (Lipinski definition) is 1. The van der Waals surface area contributed by atoms with Crippen LogP contribution < -0.4 is 0 Å². The summed E-state index contributed by atoms with van der Waals surface area (Å²) in [5.41, 5.74) is 1.83. The fourth-order valence-corrected chi connectivity index (χ4v) is 1.54. The monoisotopic (exact) mass is 186 g/mol. The fourth-order valence-electron chi connectivity index (χ4n) is 1.54. The Hall–Kier alpha value is -1.26. The van der Waals surface area contributed by atoms with Crippen molar-refractivity contribution >= 4 is 0 Å². The molecule has 0 radical (unpaired) electrons. The van der Waals surface area contributed by atoms with E-state index in [9.17, 15) is 5.11 Å². The smallest absolute Gasteiger partial charge is 0.0653 e. The van der Waals surface area contributed by atoms with Crippen molar-refractivity contribution in [2.24, 2.45) is 0 Å². The lowest BCUT2D eigenvalue weighted by Crippen LogP contribution is -2.07. The molecule has 0 aliphatic heterocycles. The zero-order valence-electron chi connectivity index (χ0n) is 8.16. The molecule has 1 fully saturated rings. The Morgan fingerprint density at radius 3 is 2.43 bits per heavy atom. The van der Waals surface area contributed by atoms with Crippen molar-refractivity contribution in [2.75, 3.05) is 0 Å². The van der Waals surface area contributed by atoms with E-state index in [1.54, 1.807) is 0 Å². The molecule has 0 atom stereocenters. The van der Waals surface area contributed by atoms with Gasteiger partial charge >= 0.3 is 0 Å². The van der Waals surface area contributed by atoms with Crippen LogP contribution >= 0.6 is 0 Å². The van der Waals surface area contributed by atoms with E-state index in [2.05, 4.69) is 5.92 Å². The third-order valence-electron chi connectivity index (χ3n) is 2.83. The molecule has 1 saturated carbocycles. The van der Waals surface area contributed by atoms with Crippen LogP contribution in [0.3, 0.4) is 0 Å². The van der Waals surface area contributed by atoms with E-state index in [1.807, 2.05) is 24.3 Å². The second-order valence-electron chi connectivity index (χ2n) is 4.07. The van der Waals surface area contributed by atoms with E-state index in [-0.39, 0.29) is 5.60 Å². The lowest BCUT2D eigenvalue weighted by atomic mass is 10.0. The molecule has 0 unspecified atom stereocenters. The zero-order chi connectivity index (χ0) is 10.0. The SMILES string of the molecule is C#Cc1ccc(CCC2(O)CC2)cc1. The molecule has 0 amide bonds. The summed E-state index contributed by atoms with van der Waals surface area (Å²) in [5, 5.41) is 9.66. The largest absolute Gasteiger partial charge is 0.390 e. The molecule has 0 aromatic heterocycles. The summed E-state index contributed by atoms with van der Waals surface area (Å²) in [6, 6.07) is 7.99. The Labute approximate surface area is 84.8 Å². The van der Waals surface area contributed by atoms with E-state index in [1.165, 1.54) is 5.56 Å². The summed E-state index contributed by atoms with van der Waals surface area (Å²) in [6.07, 6.45) is 9.02. The predicted octanol–water partition coefficient (Wildman–Crippen LogP) is 2.13. The number of aliphatic hydroxyl groups is 1. The van der Waals surface area contributed by atoms with Crippen LogP contribution in [0.4, 0.5) is 0 Å². The molecule has 0 spiro atoms. The van der Waals surface area contributed by atoms with Crippen molar-refractivity contribution in [3.8, 4) is 12.3 Å². The summed E-state index contributed by atoms with van der Waals surface area (Å²) >= 11 is 0. The average molecular weight is 186 g/mol. The molecular formula is C13H14O. The van der Waals surface area contributed by atoms with Gasteiger partial charge in [0.25, 0.3) is 0 Å². The van der Waals surface area contributed by atoms with Gasteiger partial charge in [0.15, 0.2) is 0 Å². The van der Waals surface area contributed by atoms with Crippen LogP contribution in [0.2, 0.25) is 0 Å². The van der Waals surface area contributed by atoms with Gasteiger partial charge in [-0.3, -0.25) is 0 Å². The van der Waals surface area contributed by atoms with Crippen molar-refractivity contribution in [2.45, 2.75) is 31.3 Å². The first-order valence-corrected chi connectivity index (χ1v) is 5.00. The summed E-state index contributed by atoms with van der Waals surface area (Å²) in [6.45, 7) is 0. The average Bonchev–Trinajstić information content (AvgIpc) is 2.95. The van der Waals surface area contributed by atoms with Crippen LogP contribution in [0.25, 0.3) is 0 Å². The van der Waals surface area contributed by atoms with Crippen molar-refractivity contribution < 1.29 is 5.11 Å². The molecule has 1 heteroatoms. The second kappa shape index (κ2) is 3.48. The minimum absolute atomic E-state index is 0.342. The molecule has 1 aromatic carbocycles. The summed E-state index contributed by atoms with van der Waals surface area (Å²) < 4.78 is 0. The molecule has 1 N–H and O–H groups in total. The number of hydrogen-bond acceptors (Lipinski definition) is 1. The lowest BCUT2D eigenvalue weighted by molar-refractivity contribution is 0.140. The standard InChI is InChI=1S/C13H14O/c1-2-11-3-5-12(6-4-11)7-8-13(14)9-10-13/h1,3-6,14H,7-10H2. The van der Waals surface area contributed by atoms with Crippen LogP contribution in [0.5, 0.6) is 0 Å². The summed E-state index contributed by atoms with van der Waals surface area (Å²) in [7, 11) is 0. The molecule has 1 aliphatic carbocycles. The van der Waals surface area contributed by atoms with Crippen LogP contribution in [0.15, 0.2) is 24.3 Å². The molecular weight excluding hydrogens is 172 g/mol. The topological polar surface area (TPSA) is 20.2 Å². The van der Waals surface area contributed by atoms with Gasteiger partial charge in [0, 0.05) is 5.56 Å². The van der Waals surface area contributed by atoms with E-state index in [0.29, 0.717) is 0 Å². The van der Waals surface area contributed by atoms with Gasteiger partial charge in [-0.15, -0.1) is 6.42 Å². The highest BCUT2D eigenvalue weighted by Gasteiger charge is 2.39. The Balaban J connectivity index is 1.94. The molecule has 0 saturated heterocycles. The molecule has 14 heavy (non-hydrogen) atoms. The van der Waals surface area contributed by atoms with Crippen LogP contribution in [-0.4, -0.2) is 10.7 Å². The maximum Gasteiger partial charge on any atom is 0.0653 e. The first-order valence-electron chi connectivity index (χ1n) is 5.00. The van der Waals surface area contributed by atoms with Gasteiger partial charge in [-0.25, -0.2) is 0 Å². The van der Waals surface area contributed by atoms with Gasteiger partial charge in [-0.05, 0) is 43.4 Å². The van der Waals surface area contributed by atoms with E-state index in [0.717, 1.165) is 31.2 Å². The minimum atomic E-state index is -0.342. The van der Waals surface area contributed by atoms with E-state index in [4.69, 9.17) is 6.42 Å². The van der Waals surface area contributed by atoms with Gasteiger partial charge in [0.1, 0.15) is 0 Å². The maximum atomic E-state index is 9.66. The summed E-state index contributed by atoms with van der Waals surface area (Å²) in [4.78, 5) is 0. The Kier molecular flexibility index (Phi) is 2.31. The second-order valence-corrected chi connectivity index (χ2v) is 4.07. The molecule has 1 nitrogen and oxygen atoms in total. The zero-order valence-corrected chi connectivity index (χ0v) is 8.16. The summed E-state index contributed by atoms with van der Waals surface area (Å²) in [5.74, 6) is 2.59. The van der Waals surface area contributed by atoms with E-state index < -0.39 is 0 Å². The number of terminal acetylenes is 1. The van der Waals surface area contributed by atoms with E-state index >= 15 is 0 Å². The third kappa shape index (κ3) is 2.16. The fraction of sp³-hybridized carbons (Fsp3) is 0.385. The Morgan fingerprint density at radius 2 is 1.93 bits per heavy atom. The first-order chi connectivity index (χ1) is 6.72. The minimum Gasteiger partial charge on any atom is -0.390 e. The number of aryl methyl sites for hydroxylation is 1.